The van der Waals surface area contributed by atoms with Crippen LogP contribution in [0.15, 0.2) is 10.7 Å². The lowest BCUT2D eigenvalue weighted by atomic mass is 10.3. The van der Waals surface area contributed by atoms with E-state index in [0.29, 0.717) is 9.15 Å². The Hall–Kier alpha value is -0.790. The predicted molar refractivity (Wildman–Crippen MR) is 45.3 cm³/mol. The van der Waals surface area contributed by atoms with Crippen LogP contribution in [-0.4, -0.2) is 22.1 Å². The lowest BCUT2D eigenvalue weighted by molar-refractivity contribution is -0.139. The Morgan fingerprint density at radius 2 is 2.14 bits per heavy atom. The molecule has 14 heavy (non-hydrogen) atoms. The number of nitrogens with zero attached hydrogens (tertiary/aromatic N) is 2. The van der Waals surface area contributed by atoms with E-state index in [1.165, 1.54) is 0 Å². The van der Waals surface area contributed by atoms with Gasteiger partial charge in [-0.05, 0) is 15.9 Å². The molecule has 0 aliphatic carbocycles. The van der Waals surface area contributed by atoms with Crippen molar-refractivity contribution in [3.05, 3.63) is 10.7 Å². The summed E-state index contributed by atoms with van der Waals surface area (Å²) in [5.74, 6) is -4.12. The summed E-state index contributed by atoms with van der Waals surface area (Å²) in [7, 11) is 0. The van der Waals surface area contributed by atoms with Gasteiger partial charge in [0, 0.05) is 6.20 Å². The lowest BCUT2D eigenvalue weighted by Crippen LogP contribution is -2.32. The van der Waals surface area contributed by atoms with Gasteiger partial charge in [0.2, 0.25) is 0 Å². The molecule has 0 saturated heterocycles. The van der Waals surface area contributed by atoms with E-state index >= 15 is 0 Å². The topological polar surface area (TPSA) is 43.8 Å². The fourth-order valence-electron chi connectivity index (χ4n) is 0.778. The Morgan fingerprint density at radius 3 is 2.50 bits per heavy atom. The summed E-state index contributed by atoms with van der Waals surface area (Å²) in [5, 5.41) is 3.41. The van der Waals surface area contributed by atoms with Crippen molar-refractivity contribution in [2.45, 2.75) is 18.9 Å². The van der Waals surface area contributed by atoms with Crippen molar-refractivity contribution in [2.75, 3.05) is 5.73 Å². The van der Waals surface area contributed by atoms with Crippen LogP contribution in [0.1, 0.15) is 0 Å². The molecule has 1 rings (SSSR count). The van der Waals surface area contributed by atoms with Gasteiger partial charge in [0.25, 0.3) is 0 Å². The quantitative estimate of drug-likeness (QED) is 0.859. The van der Waals surface area contributed by atoms with E-state index < -0.39 is 18.9 Å². The van der Waals surface area contributed by atoms with Crippen molar-refractivity contribution in [3.8, 4) is 0 Å². The average Bonchev–Trinajstić information content (AvgIpc) is 2.29. The van der Waals surface area contributed by atoms with Crippen LogP contribution in [0.2, 0.25) is 0 Å². The maximum atomic E-state index is 12.5. The Balaban J connectivity index is 2.78. The summed E-state index contributed by atoms with van der Waals surface area (Å²) < 4.78 is 49.5. The number of anilines is 1. The molecule has 0 unspecified atom stereocenters. The number of nitrogen functional groups attached to an aromatic ring is 1. The monoisotopic (exact) mass is 275 g/mol. The molecule has 0 aliphatic heterocycles. The summed E-state index contributed by atoms with van der Waals surface area (Å²) in [6, 6.07) is 0. The van der Waals surface area contributed by atoms with Gasteiger partial charge in [0.05, 0.1) is 4.47 Å². The molecular weight excluding hydrogens is 270 g/mol. The standard InChI is InChI=1S/C6H6BrF4N3/c7-3-1-14(13-4(3)12)2-6(10,11)5(8)9/h1,5H,2H2,(H2,12,13). The number of hydrogen-bond donors (Lipinski definition) is 1. The highest BCUT2D eigenvalue weighted by Gasteiger charge is 2.41. The van der Waals surface area contributed by atoms with Gasteiger partial charge in [0.1, 0.15) is 6.54 Å². The van der Waals surface area contributed by atoms with Gasteiger partial charge in [-0.1, -0.05) is 0 Å². The smallest absolute Gasteiger partial charge is 0.326 e. The van der Waals surface area contributed by atoms with Gasteiger partial charge in [-0.2, -0.15) is 13.9 Å². The van der Waals surface area contributed by atoms with Gasteiger partial charge in [0.15, 0.2) is 5.82 Å². The maximum absolute atomic E-state index is 12.5. The fraction of sp³-hybridized carbons (Fsp3) is 0.500. The molecule has 0 atom stereocenters. The fourth-order valence-corrected chi connectivity index (χ4v) is 1.09. The Bertz CT molecular complexity index is 305. The molecule has 80 valence electrons. The van der Waals surface area contributed by atoms with Crippen molar-refractivity contribution >= 4 is 21.7 Å². The number of alkyl halides is 4. The average molecular weight is 276 g/mol. The molecular formula is C6H6BrF4N3. The molecule has 0 aliphatic rings. The molecule has 0 saturated carbocycles. The van der Waals surface area contributed by atoms with E-state index in [1.54, 1.807) is 0 Å². The maximum Gasteiger partial charge on any atom is 0.326 e. The molecule has 1 heterocycles. The van der Waals surface area contributed by atoms with Crippen LogP contribution in [0.4, 0.5) is 23.4 Å². The molecule has 3 nitrogen and oxygen atoms in total. The van der Waals surface area contributed by atoms with E-state index in [1.807, 2.05) is 0 Å². The molecule has 2 N–H and O–H groups in total. The largest absolute Gasteiger partial charge is 0.381 e. The van der Waals surface area contributed by atoms with E-state index in [0.717, 1.165) is 6.20 Å². The third-order valence-electron chi connectivity index (χ3n) is 1.44. The van der Waals surface area contributed by atoms with Crippen molar-refractivity contribution in [1.82, 2.24) is 9.78 Å². The van der Waals surface area contributed by atoms with Crippen molar-refractivity contribution in [3.63, 3.8) is 0 Å². The summed E-state index contributed by atoms with van der Waals surface area (Å²) >= 11 is 2.92. The summed E-state index contributed by atoms with van der Waals surface area (Å²) in [5.41, 5.74) is 5.22. The number of halogens is 5. The normalized spacial score (nSPS) is 12.4. The number of rotatable bonds is 3. The van der Waals surface area contributed by atoms with Crippen molar-refractivity contribution in [1.29, 1.82) is 0 Å². The minimum Gasteiger partial charge on any atom is -0.381 e. The van der Waals surface area contributed by atoms with Crippen LogP contribution >= 0.6 is 15.9 Å². The zero-order chi connectivity index (χ0) is 10.9. The second-order valence-electron chi connectivity index (χ2n) is 2.62. The van der Waals surface area contributed by atoms with Crippen LogP contribution in [0, 0.1) is 0 Å². The predicted octanol–water partition coefficient (Wildman–Crippen LogP) is 2.13. The minimum atomic E-state index is -4.10. The van der Waals surface area contributed by atoms with E-state index in [-0.39, 0.29) is 5.82 Å². The second-order valence-corrected chi connectivity index (χ2v) is 3.48. The zero-order valence-corrected chi connectivity index (χ0v) is 8.31. The minimum absolute atomic E-state index is 0.0185. The third-order valence-corrected chi connectivity index (χ3v) is 2.05. The summed E-state index contributed by atoms with van der Waals surface area (Å²) in [6.07, 6.45) is -2.60. The molecule has 0 bridgehead atoms. The highest BCUT2D eigenvalue weighted by molar-refractivity contribution is 9.10. The van der Waals surface area contributed by atoms with E-state index in [2.05, 4.69) is 21.0 Å². The Morgan fingerprint density at radius 1 is 1.57 bits per heavy atom. The molecule has 0 spiro atoms. The van der Waals surface area contributed by atoms with Crippen LogP contribution in [0.25, 0.3) is 0 Å². The van der Waals surface area contributed by atoms with Gasteiger partial charge in [-0.15, -0.1) is 0 Å². The number of hydrogen-bond acceptors (Lipinski definition) is 2. The van der Waals surface area contributed by atoms with Gasteiger partial charge < -0.3 is 5.73 Å². The molecule has 1 aromatic rings. The second kappa shape index (κ2) is 3.76. The Kier molecular flexibility index (Phi) is 3.03. The molecule has 0 radical (unpaired) electrons. The first-order chi connectivity index (χ1) is 6.33. The van der Waals surface area contributed by atoms with Crippen molar-refractivity contribution in [2.24, 2.45) is 0 Å². The lowest BCUT2D eigenvalue weighted by Gasteiger charge is -2.14. The first-order valence-electron chi connectivity index (χ1n) is 3.47. The van der Waals surface area contributed by atoms with Crippen LogP contribution < -0.4 is 5.73 Å². The van der Waals surface area contributed by atoms with Gasteiger partial charge in [-0.3, -0.25) is 4.68 Å². The molecule has 0 amide bonds. The Labute approximate surface area is 85.0 Å². The van der Waals surface area contributed by atoms with Crippen LogP contribution in [0.3, 0.4) is 0 Å². The highest BCUT2D eigenvalue weighted by Crippen LogP contribution is 2.26. The number of nitrogens with two attached hydrogens (primary N) is 1. The first kappa shape index (κ1) is 11.3. The third kappa shape index (κ3) is 2.37. The van der Waals surface area contributed by atoms with Gasteiger partial charge >= 0.3 is 12.3 Å². The SMILES string of the molecule is Nc1nn(CC(F)(F)C(F)F)cc1Br. The van der Waals surface area contributed by atoms with Crippen molar-refractivity contribution < 1.29 is 17.6 Å². The van der Waals surface area contributed by atoms with E-state index in [4.69, 9.17) is 5.73 Å². The first-order valence-corrected chi connectivity index (χ1v) is 4.26. The number of aromatic nitrogens is 2. The molecule has 0 aromatic carbocycles. The van der Waals surface area contributed by atoms with Crippen LogP contribution in [0.5, 0.6) is 0 Å². The molecule has 1 aromatic heterocycles. The van der Waals surface area contributed by atoms with Crippen LogP contribution in [-0.2, 0) is 6.54 Å². The molecule has 8 heteroatoms. The summed E-state index contributed by atoms with van der Waals surface area (Å²) in [4.78, 5) is 0. The zero-order valence-electron chi connectivity index (χ0n) is 6.72. The molecule has 0 fully saturated rings. The van der Waals surface area contributed by atoms with Gasteiger partial charge in [-0.25, -0.2) is 8.78 Å². The van der Waals surface area contributed by atoms with E-state index in [9.17, 15) is 17.6 Å². The summed E-state index contributed by atoms with van der Waals surface area (Å²) in [6.45, 7) is -1.19. The highest BCUT2D eigenvalue weighted by atomic mass is 79.9.